The Hall–Kier alpha value is -1.07. The highest BCUT2D eigenvalue weighted by Gasteiger charge is 2.46. The predicted molar refractivity (Wildman–Crippen MR) is 64.0 cm³/mol. The SMILES string of the molecule is COc1cccc2c1CC(C(C)(C)O)S2(=O)=O. The van der Waals surface area contributed by atoms with E-state index in [1.165, 1.54) is 21.0 Å². The molecule has 0 spiro atoms. The monoisotopic (exact) mass is 256 g/mol. The minimum Gasteiger partial charge on any atom is -0.496 e. The zero-order chi connectivity index (χ0) is 12.8. The quantitative estimate of drug-likeness (QED) is 0.862. The fourth-order valence-corrected chi connectivity index (χ4v) is 4.53. The molecule has 0 saturated carbocycles. The zero-order valence-electron chi connectivity index (χ0n) is 10.1. The molecule has 5 heteroatoms. The van der Waals surface area contributed by atoms with Crippen LogP contribution in [-0.2, 0) is 16.3 Å². The van der Waals surface area contributed by atoms with Crippen LogP contribution in [0.2, 0.25) is 0 Å². The van der Waals surface area contributed by atoms with Crippen molar-refractivity contribution in [2.24, 2.45) is 0 Å². The van der Waals surface area contributed by atoms with E-state index in [9.17, 15) is 13.5 Å². The topological polar surface area (TPSA) is 63.6 Å². The van der Waals surface area contributed by atoms with Gasteiger partial charge in [-0.05, 0) is 32.4 Å². The van der Waals surface area contributed by atoms with E-state index in [-0.39, 0.29) is 4.90 Å². The Bertz CT molecular complexity index is 540. The average Bonchev–Trinajstić information content (AvgIpc) is 2.50. The second-order valence-electron chi connectivity index (χ2n) is 4.83. The molecule has 1 aromatic carbocycles. The fraction of sp³-hybridized carbons (Fsp3) is 0.500. The summed E-state index contributed by atoms with van der Waals surface area (Å²) >= 11 is 0. The standard InChI is InChI=1S/C12H16O4S/c1-12(2,13)11-7-8-9(16-3)5-4-6-10(8)17(11,14)15/h4-6,11,13H,7H2,1-3H3. The molecule has 1 aromatic rings. The largest absolute Gasteiger partial charge is 0.496 e. The van der Waals surface area contributed by atoms with Crippen LogP contribution >= 0.6 is 0 Å². The summed E-state index contributed by atoms with van der Waals surface area (Å²) in [4.78, 5) is 0.281. The molecule has 1 atom stereocenters. The number of benzene rings is 1. The number of sulfone groups is 1. The molecule has 17 heavy (non-hydrogen) atoms. The second-order valence-corrected chi connectivity index (χ2v) is 6.93. The van der Waals surface area contributed by atoms with Gasteiger partial charge in [0.05, 0.1) is 22.9 Å². The van der Waals surface area contributed by atoms with Crippen molar-refractivity contribution in [3.63, 3.8) is 0 Å². The van der Waals surface area contributed by atoms with E-state index in [1.54, 1.807) is 18.2 Å². The minimum absolute atomic E-state index is 0.281. The fourth-order valence-electron chi connectivity index (χ4n) is 2.28. The normalized spacial score (nSPS) is 22.2. The van der Waals surface area contributed by atoms with Gasteiger partial charge in [-0.1, -0.05) is 6.07 Å². The summed E-state index contributed by atoms with van der Waals surface area (Å²) in [5, 5.41) is 9.16. The van der Waals surface area contributed by atoms with E-state index in [2.05, 4.69) is 0 Å². The molecule has 0 aromatic heterocycles. The molecule has 1 aliphatic rings. The van der Waals surface area contributed by atoms with E-state index in [4.69, 9.17) is 4.74 Å². The van der Waals surface area contributed by atoms with Crippen LogP contribution in [0.1, 0.15) is 19.4 Å². The first-order chi connectivity index (χ1) is 7.78. The third-order valence-corrected chi connectivity index (χ3v) is 5.66. The van der Waals surface area contributed by atoms with Crippen LogP contribution in [0.15, 0.2) is 23.1 Å². The molecular formula is C12H16O4S. The summed E-state index contributed by atoms with van der Waals surface area (Å²) in [5.41, 5.74) is -0.592. The van der Waals surface area contributed by atoms with E-state index in [1.807, 2.05) is 0 Å². The Morgan fingerprint density at radius 3 is 2.59 bits per heavy atom. The first kappa shape index (κ1) is 12.4. The van der Waals surface area contributed by atoms with E-state index < -0.39 is 20.7 Å². The van der Waals surface area contributed by atoms with Crippen molar-refractivity contribution in [1.82, 2.24) is 0 Å². The van der Waals surface area contributed by atoms with Crippen molar-refractivity contribution in [3.05, 3.63) is 23.8 Å². The minimum atomic E-state index is -3.47. The molecular weight excluding hydrogens is 240 g/mol. The van der Waals surface area contributed by atoms with Gasteiger partial charge in [0.15, 0.2) is 9.84 Å². The van der Waals surface area contributed by atoms with Crippen LogP contribution in [0.4, 0.5) is 0 Å². The van der Waals surface area contributed by atoms with Crippen LogP contribution in [0.5, 0.6) is 5.75 Å². The van der Waals surface area contributed by atoms with Gasteiger partial charge in [0.2, 0.25) is 0 Å². The summed E-state index contributed by atoms with van der Waals surface area (Å²) in [7, 11) is -1.95. The van der Waals surface area contributed by atoms with Gasteiger partial charge in [0, 0.05) is 5.56 Å². The van der Waals surface area contributed by atoms with E-state index in [0.717, 1.165) is 0 Å². The van der Waals surface area contributed by atoms with Crippen LogP contribution in [0, 0.1) is 0 Å². The van der Waals surface area contributed by atoms with Gasteiger partial charge in [0.25, 0.3) is 0 Å². The second kappa shape index (κ2) is 3.71. The number of methoxy groups -OCH3 is 1. The summed E-state index contributed by atoms with van der Waals surface area (Å²) in [6, 6.07) is 4.96. The summed E-state index contributed by atoms with van der Waals surface area (Å²) in [6.07, 6.45) is 0.297. The number of rotatable bonds is 2. The maximum atomic E-state index is 12.3. The number of hydrogen-bond donors (Lipinski definition) is 1. The van der Waals surface area contributed by atoms with E-state index in [0.29, 0.717) is 17.7 Å². The van der Waals surface area contributed by atoms with Gasteiger partial charge in [-0.15, -0.1) is 0 Å². The Labute approximate surface area is 101 Å². The maximum Gasteiger partial charge on any atom is 0.184 e. The van der Waals surface area contributed by atoms with Gasteiger partial charge < -0.3 is 9.84 Å². The Kier molecular flexibility index (Phi) is 2.71. The highest BCUT2D eigenvalue weighted by Crippen LogP contribution is 2.40. The molecule has 0 amide bonds. The van der Waals surface area contributed by atoms with Gasteiger partial charge in [-0.2, -0.15) is 0 Å². The number of fused-ring (bicyclic) bond motifs is 1. The number of hydrogen-bond acceptors (Lipinski definition) is 4. The van der Waals surface area contributed by atoms with Crippen LogP contribution < -0.4 is 4.74 Å². The molecule has 0 radical (unpaired) electrons. The summed E-state index contributed by atoms with van der Waals surface area (Å²) in [6.45, 7) is 3.04. The molecule has 0 saturated heterocycles. The Morgan fingerprint density at radius 2 is 2.06 bits per heavy atom. The molecule has 0 bridgehead atoms. The van der Waals surface area contributed by atoms with Gasteiger partial charge in [0.1, 0.15) is 5.75 Å². The molecule has 4 nitrogen and oxygen atoms in total. The van der Waals surface area contributed by atoms with Gasteiger partial charge in [-0.3, -0.25) is 0 Å². The average molecular weight is 256 g/mol. The highest BCUT2D eigenvalue weighted by molar-refractivity contribution is 7.92. The summed E-state index contributed by atoms with van der Waals surface area (Å²) in [5.74, 6) is 0.567. The van der Waals surface area contributed by atoms with Gasteiger partial charge >= 0.3 is 0 Å². The van der Waals surface area contributed by atoms with Crippen molar-refractivity contribution >= 4 is 9.84 Å². The van der Waals surface area contributed by atoms with E-state index >= 15 is 0 Å². The summed E-state index contributed by atoms with van der Waals surface area (Å²) < 4.78 is 29.7. The lowest BCUT2D eigenvalue weighted by molar-refractivity contribution is 0.0759. The highest BCUT2D eigenvalue weighted by atomic mass is 32.2. The molecule has 94 valence electrons. The molecule has 0 fully saturated rings. The molecule has 1 unspecified atom stereocenters. The maximum absolute atomic E-state index is 12.3. The lowest BCUT2D eigenvalue weighted by atomic mass is 9.98. The smallest absolute Gasteiger partial charge is 0.184 e. The van der Waals surface area contributed by atoms with Crippen molar-refractivity contribution in [2.45, 2.75) is 36.0 Å². The van der Waals surface area contributed by atoms with Crippen molar-refractivity contribution < 1.29 is 18.3 Å². The molecule has 1 aliphatic heterocycles. The third-order valence-electron chi connectivity index (χ3n) is 3.17. The third kappa shape index (κ3) is 1.83. The zero-order valence-corrected chi connectivity index (χ0v) is 10.9. The van der Waals surface area contributed by atoms with Crippen LogP contribution in [0.3, 0.4) is 0 Å². The van der Waals surface area contributed by atoms with Crippen molar-refractivity contribution in [3.8, 4) is 5.75 Å². The molecule has 0 aliphatic carbocycles. The predicted octanol–water partition coefficient (Wildman–Crippen LogP) is 1.16. The van der Waals surface area contributed by atoms with Crippen molar-refractivity contribution in [1.29, 1.82) is 0 Å². The lowest BCUT2D eigenvalue weighted by Gasteiger charge is -2.24. The Balaban J connectivity index is 2.62. The first-order valence-electron chi connectivity index (χ1n) is 5.40. The number of ether oxygens (including phenoxy) is 1. The molecule has 1 N–H and O–H groups in total. The van der Waals surface area contributed by atoms with Crippen molar-refractivity contribution in [2.75, 3.05) is 7.11 Å². The number of aliphatic hydroxyl groups is 1. The van der Waals surface area contributed by atoms with Gasteiger partial charge in [-0.25, -0.2) is 8.42 Å². The molecule has 1 heterocycles. The molecule has 2 rings (SSSR count). The Morgan fingerprint density at radius 1 is 1.41 bits per heavy atom. The lowest BCUT2D eigenvalue weighted by Crippen LogP contribution is -2.40. The first-order valence-corrected chi connectivity index (χ1v) is 6.95. The van der Waals surface area contributed by atoms with Crippen LogP contribution in [-0.4, -0.2) is 31.5 Å². The van der Waals surface area contributed by atoms with Crippen LogP contribution in [0.25, 0.3) is 0 Å².